The molecule has 0 fully saturated rings. The molecule has 2 aromatic rings. The lowest BCUT2D eigenvalue weighted by Gasteiger charge is -2.09. The van der Waals surface area contributed by atoms with Gasteiger partial charge in [-0.3, -0.25) is 0 Å². The van der Waals surface area contributed by atoms with Crippen molar-refractivity contribution in [2.75, 3.05) is 6.61 Å². The molecule has 2 heteroatoms. The van der Waals surface area contributed by atoms with Crippen LogP contribution in [0.15, 0.2) is 66.7 Å². The standard InChI is InChI=1S/C18H21NO/c1-15(2)14-20-18-10-6-9-17(11-18)13-19-12-16-7-4-3-5-8-16/h3-11,19H,1,12-14H2,2H3. The van der Waals surface area contributed by atoms with Gasteiger partial charge in [0.25, 0.3) is 0 Å². The molecule has 2 nitrogen and oxygen atoms in total. The fraction of sp³-hybridized carbons (Fsp3) is 0.222. The predicted octanol–water partition coefficient (Wildman–Crippen LogP) is 3.93. The molecule has 0 aliphatic heterocycles. The largest absolute Gasteiger partial charge is 0.489 e. The zero-order valence-corrected chi connectivity index (χ0v) is 11.9. The third-order valence-corrected chi connectivity index (χ3v) is 2.88. The van der Waals surface area contributed by atoms with Crippen LogP contribution < -0.4 is 10.1 Å². The second kappa shape index (κ2) is 7.51. The zero-order chi connectivity index (χ0) is 14.2. The Morgan fingerprint density at radius 1 is 1.00 bits per heavy atom. The van der Waals surface area contributed by atoms with Crippen molar-refractivity contribution in [1.29, 1.82) is 0 Å². The summed E-state index contributed by atoms with van der Waals surface area (Å²) in [6.07, 6.45) is 0. The Balaban J connectivity index is 1.83. The molecule has 0 saturated carbocycles. The van der Waals surface area contributed by atoms with Crippen molar-refractivity contribution in [2.24, 2.45) is 0 Å². The molecule has 20 heavy (non-hydrogen) atoms. The van der Waals surface area contributed by atoms with Crippen molar-refractivity contribution >= 4 is 0 Å². The van der Waals surface area contributed by atoms with Gasteiger partial charge in [0, 0.05) is 13.1 Å². The van der Waals surface area contributed by atoms with Gasteiger partial charge in [-0.05, 0) is 35.8 Å². The van der Waals surface area contributed by atoms with E-state index in [9.17, 15) is 0 Å². The normalized spacial score (nSPS) is 10.2. The minimum absolute atomic E-state index is 0.570. The summed E-state index contributed by atoms with van der Waals surface area (Å²) in [6.45, 7) is 8.08. The molecule has 0 aromatic heterocycles. The molecule has 0 unspecified atom stereocenters. The van der Waals surface area contributed by atoms with Crippen molar-refractivity contribution < 1.29 is 4.74 Å². The maximum absolute atomic E-state index is 5.65. The number of hydrogen-bond acceptors (Lipinski definition) is 2. The van der Waals surface area contributed by atoms with E-state index >= 15 is 0 Å². The van der Waals surface area contributed by atoms with E-state index in [1.54, 1.807) is 0 Å². The summed E-state index contributed by atoms with van der Waals surface area (Å²) >= 11 is 0. The number of rotatable bonds is 7. The van der Waals surface area contributed by atoms with Gasteiger partial charge in [-0.1, -0.05) is 49.0 Å². The van der Waals surface area contributed by atoms with Gasteiger partial charge in [0.2, 0.25) is 0 Å². The van der Waals surface area contributed by atoms with Crippen LogP contribution in [0.2, 0.25) is 0 Å². The van der Waals surface area contributed by atoms with Crippen molar-refractivity contribution in [3.05, 3.63) is 77.9 Å². The summed E-state index contributed by atoms with van der Waals surface area (Å²) in [6, 6.07) is 18.6. The molecular weight excluding hydrogens is 246 g/mol. The Morgan fingerprint density at radius 3 is 2.45 bits per heavy atom. The fourth-order valence-electron chi connectivity index (χ4n) is 1.90. The van der Waals surface area contributed by atoms with Gasteiger partial charge in [0.15, 0.2) is 0 Å². The lowest BCUT2D eigenvalue weighted by molar-refractivity contribution is 0.352. The first-order valence-electron chi connectivity index (χ1n) is 6.85. The third kappa shape index (κ3) is 4.90. The molecular formula is C18H21NO. The zero-order valence-electron chi connectivity index (χ0n) is 11.9. The van der Waals surface area contributed by atoms with Gasteiger partial charge in [-0.15, -0.1) is 0 Å². The number of benzene rings is 2. The molecule has 0 heterocycles. The number of nitrogens with one attached hydrogen (secondary N) is 1. The van der Waals surface area contributed by atoms with Gasteiger partial charge < -0.3 is 10.1 Å². The first kappa shape index (κ1) is 14.4. The van der Waals surface area contributed by atoms with Crippen LogP contribution in [0, 0.1) is 0 Å². The highest BCUT2D eigenvalue weighted by molar-refractivity contribution is 5.29. The van der Waals surface area contributed by atoms with E-state index in [0.29, 0.717) is 6.61 Å². The summed E-state index contributed by atoms with van der Waals surface area (Å²) in [5.41, 5.74) is 3.54. The number of ether oxygens (including phenoxy) is 1. The minimum atomic E-state index is 0.570. The first-order valence-corrected chi connectivity index (χ1v) is 6.85. The maximum atomic E-state index is 5.65. The molecule has 2 aromatic carbocycles. The Labute approximate surface area is 121 Å². The predicted molar refractivity (Wildman–Crippen MR) is 83.7 cm³/mol. The molecule has 1 N–H and O–H groups in total. The summed E-state index contributed by atoms with van der Waals surface area (Å²) in [7, 11) is 0. The molecule has 0 amide bonds. The smallest absolute Gasteiger partial charge is 0.120 e. The van der Waals surface area contributed by atoms with E-state index in [4.69, 9.17) is 4.74 Å². The summed E-state index contributed by atoms with van der Waals surface area (Å²) in [5.74, 6) is 0.895. The van der Waals surface area contributed by atoms with Crippen LogP contribution in [0.1, 0.15) is 18.1 Å². The van der Waals surface area contributed by atoms with Crippen LogP contribution in [0.25, 0.3) is 0 Å². The maximum Gasteiger partial charge on any atom is 0.120 e. The minimum Gasteiger partial charge on any atom is -0.489 e. The van der Waals surface area contributed by atoms with E-state index in [1.165, 1.54) is 11.1 Å². The van der Waals surface area contributed by atoms with Crippen LogP contribution in [0.4, 0.5) is 0 Å². The van der Waals surface area contributed by atoms with E-state index in [2.05, 4.69) is 48.3 Å². The third-order valence-electron chi connectivity index (χ3n) is 2.88. The molecule has 0 bridgehead atoms. The molecule has 0 aliphatic rings. The van der Waals surface area contributed by atoms with Crippen molar-refractivity contribution in [2.45, 2.75) is 20.0 Å². The molecule has 0 spiro atoms. The molecule has 0 atom stereocenters. The highest BCUT2D eigenvalue weighted by atomic mass is 16.5. The van der Waals surface area contributed by atoms with Gasteiger partial charge >= 0.3 is 0 Å². The topological polar surface area (TPSA) is 21.3 Å². The fourth-order valence-corrected chi connectivity index (χ4v) is 1.90. The second-order valence-corrected chi connectivity index (χ2v) is 4.98. The highest BCUT2D eigenvalue weighted by Crippen LogP contribution is 2.14. The lowest BCUT2D eigenvalue weighted by Crippen LogP contribution is -2.12. The second-order valence-electron chi connectivity index (χ2n) is 4.98. The molecule has 0 saturated heterocycles. The summed E-state index contributed by atoms with van der Waals surface area (Å²) < 4.78 is 5.65. The average Bonchev–Trinajstić information content (AvgIpc) is 2.47. The van der Waals surface area contributed by atoms with Gasteiger partial charge in [0.05, 0.1) is 0 Å². The van der Waals surface area contributed by atoms with Gasteiger partial charge in [-0.25, -0.2) is 0 Å². The van der Waals surface area contributed by atoms with Crippen molar-refractivity contribution in [3.8, 4) is 5.75 Å². The molecule has 2 rings (SSSR count). The molecule has 0 radical (unpaired) electrons. The van der Waals surface area contributed by atoms with Crippen LogP contribution in [0.3, 0.4) is 0 Å². The van der Waals surface area contributed by atoms with Gasteiger partial charge in [0.1, 0.15) is 12.4 Å². The van der Waals surface area contributed by atoms with E-state index in [0.717, 1.165) is 24.4 Å². The Morgan fingerprint density at radius 2 is 1.70 bits per heavy atom. The van der Waals surface area contributed by atoms with Crippen molar-refractivity contribution in [3.63, 3.8) is 0 Å². The Hall–Kier alpha value is -2.06. The lowest BCUT2D eigenvalue weighted by atomic mass is 10.2. The average molecular weight is 267 g/mol. The SMILES string of the molecule is C=C(C)COc1cccc(CNCc2ccccc2)c1. The van der Waals surface area contributed by atoms with Crippen LogP contribution in [-0.4, -0.2) is 6.61 Å². The van der Waals surface area contributed by atoms with Gasteiger partial charge in [-0.2, -0.15) is 0 Å². The Kier molecular flexibility index (Phi) is 5.39. The van der Waals surface area contributed by atoms with Crippen molar-refractivity contribution in [1.82, 2.24) is 5.32 Å². The van der Waals surface area contributed by atoms with E-state index < -0.39 is 0 Å². The number of hydrogen-bond donors (Lipinski definition) is 1. The first-order chi connectivity index (χ1) is 9.74. The quantitative estimate of drug-likeness (QED) is 0.767. The van der Waals surface area contributed by atoms with E-state index in [-0.39, 0.29) is 0 Å². The highest BCUT2D eigenvalue weighted by Gasteiger charge is 1.98. The summed E-state index contributed by atoms with van der Waals surface area (Å²) in [4.78, 5) is 0. The summed E-state index contributed by atoms with van der Waals surface area (Å²) in [5, 5.41) is 3.44. The van der Waals surface area contributed by atoms with Crippen LogP contribution in [0.5, 0.6) is 5.75 Å². The molecule has 104 valence electrons. The van der Waals surface area contributed by atoms with E-state index in [1.807, 2.05) is 25.1 Å². The molecule has 0 aliphatic carbocycles. The van der Waals surface area contributed by atoms with Crippen LogP contribution >= 0.6 is 0 Å². The van der Waals surface area contributed by atoms with Crippen LogP contribution in [-0.2, 0) is 13.1 Å². The monoisotopic (exact) mass is 267 g/mol. The Bertz CT molecular complexity index is 548.